The fourth-order valence-electron chi connectivity index (χ4n) is 3.52. The highest BCUT2D eigenvalue weighted by atomic mass is 32.1. The first-order chi connectivity index (χ1) is 13.6. The van der Waals surface area contributed by atoms with Crippen LogP contribution in [0.2, 0.25) is 0 Å². The van der Waals surface area contributed by atoms with Gasteiger partial charge in [-0.3, -0.25) is 14.8 Å². The third kappa shape index (κ3) is 4.06. The first-order valence-corrected chi connectivity index (χ1v) is 10.00. The van der Waals surface area contributed by atoms with E-state index in [1.165, 1.54) is 0 Å². The summed E-state index contributed by atoms with van der Waals surface area (Å²) in [6.07, 6.45) is 3.57. The summed E-state index contributed by atoms with van der Waals surface area (Å²) in [6, 6.07) is 5.94. The summed E-state index contributed by atoms with van der Waals surface area (Å²) in [5, 5.41) is 8.77. The van der Waals surface area contributed by atoms with E-state index in [1.54, 1.807) is 12.4 Å². The molecule has 148 valence electrons. The molecule has 0 spiro atoms. The van der Waals surface area contributed by atoms with Gasteiger partial charge in [-0.05, 0) is 38.2 Å². The van der Waals surface area contributed by atoms with Gasteiger partial charge in [0.25, 0.3) is 0 Å². The molecule has 1 fully saturated rings. The van der Waals surface area contributed by atoms with E-state index in [4.69, 9.17) is 21.8 Å². The molecule has 0 unspecified atom stereocenters. The largest absolute Gasteiger partial charge is 0.360 e. The van der Waals surface area contributed by atoms with Crippen molar-refractivity contribution in [2.75, 3.05) is 26.2 Å². The summed E-state index contributed by atoms with van der Waals surface area (Å²) in [5.41, 5.74) is 1.97. The van der Waals surface area contributed by atoms with Crippen LogP contribution in [0.3, 0.4) is 0 Å². The molecule has 1 aliphatic heterocycles. The van der Waals surface area contributed by atoms with Crippen LogP contribution in [-0.2, 0) is 19.8 Å². The van der Waals surface area contributed by atoms with Crippen LogP contribution >= 0.6 is 12.2 Å². The monoisotopic (exact) mass is 399 g/mol. The molecule has 0 bridgehead atoms. The Morgan fingerprint density at radius 1 is 1.11 bits per heavy atom. The van der Waals surface area contributed by atoms with E-state index in [1.807, 2.05) is 29.8 Å². The maximum Gasteiger partial charge on any atom is 0.199 e. The van der Waals surface area contributed by atoms with Crippen LogP contribution in [0.25, 0.3) is 11.4 Å². The Hall–Kier alpha value is -2.36. The van der Waals surface area contributed by atoms with Crippen molar-refractivity contribution in [2.24, 2.45) is 0 Å². The minimum Gasteiger partial charge on any atom is -0.360 e. The number of rotatable bonds is 6. The Morgan fingerprint density at radius 3 is 2.46 bits per heavy atom. The van der Waals surface area contributed by atoms with E-state index in [9.17, 15) is 0 Å². The number of hydrogen-bond acceptors (Lipinski definition) is 7. The second-order valence-electron chi connectivity index (χ2n) is 7.06. The van der Waals surface area contributed by atoms with Crippen molar-refractivity contribution in [1.82, 2.24) is 34.3 Å². The molecule has 3 aromatic heterocycles. The van der Waals surface area contributed by atoms with Gasteiger partial charge in [0.15, 0.2) is 16.4 Å². The molecule has 4 rings (SSSR count). The zero-order valence-corrected chi connectivity index (χ0v) is 17.1. The Balaban J connectivity index is 1.41. The van der Waals surface area contributed by atoms with Crippen LogP contribution in [0.15, 0.2) is 35.1 Å². The van der Waals surface area contributed by atoms with Crippen LogP contribution < -0.4 is 0 Å². The van der Waals surface area contributed by atoms with Gasteiger partial charge >= 0.3 is 0 Å². The molecule has 0 N–H and O–H groups in total. The molecule has 8 nitrogen and oxygen atoms in total. The lowest BCUT2D eigenvalue weighted by Gasteiger charge is -2.33. The van der Waals surface area contributed by atoms with Gasteiger partial charge in [0.2, 0.25) is 0 Å². The number of aromatic nitrogens is 5. The van der Waals surface area contributed by atoms with E-state index >= 15 is 0 Å². The third-order valence-corrected chi connectivity index (χ3v) is 5.46. The van der Waals surface area contributed by atoms with E-state index in [0.29, 0.717) is 6.67 Å². The predicted molar refractivity (Wildman–Crippen MR) is 108 cm³/mol. The lowest BCUT2D eigenvalue weighted by molar-refractivity contribution is 0.0920. The Labute approximate surface area is 169 Å². The Morgan fingerprint density at radius 2 is 1.82 bits per heavy atom. The van der Waals surface area contributed by atoms with Crippen molar-refractivity contribution in [3.8, 4) is 11.4 Å². The smallest absolute Gasteiger partial charge is 0.199 e. The molecular formula is C19H25N7OS. The molecule has 28 heavy (non-hydrogen) atoms. The minimum absolute atomic E-state index is 0.708. The predicted octanol–water partition coefficient (Wildman–Crippen LogP) is 2.57. The average molecular weight is 400 g/mol. The molecule has 1 aliphatic rings. The SMILES string of the molecule is CCn1c(-c2ccncc2)nn(CN2CCN(Cc3cc(C)no3)CC2)c1=S. The molecule has 0 radical (unpaired) electrons. The average Bonchev–Trinajstić information content (AvgIpc) is 3.27. The number of nitrogens with zero attached hydrogens (tertiary/aromatic N) is 7. The highest BCUT2D eigenvalue weighted by Crippen LogP contribution is 2.18. The summed E-state index contributed by atoms with van der Waals surface area (Å²) in [6.45, 7) is 10.3. The second kappa shape index (κ2) is 8.34. The van der Waals surface area contributed by atoms with E-state index in [0.717, 1.165) is 66.9 Å². The maximum atomic E-state index is 5.68. The van der Waals surface area contributed by atoms with E-state index in [-0.39, 0.29) is 0 Å². The van der Waals surface area contributed by atoms with Crippen molar-refractivity contribution < 1.29 is 4.52 Å². The van der Waals surface area contributed by atoms with Crippen molar-refractivity contribution in [2.45, 2.75) is 33.6 Å². The van der Waals surface area contributed by atoms with Crippen molar-refractivity contribution in [3.63, 3.8) is 0 Å². The molecule has 0 aromatic carbocycles. The van der Waals surface area contributed by atoms with Gasteiger partial charge < -0.3 is 9.09 Å². The number of hydrogen-bond donors (Lipinski definition) is 0. The van der Waals surface area contributed by atoms with Gasteiger partial charge in [-0.1, -0.05) is 5.16 Å². The molecule has 3 aromatic rings. The van der Waals surface area contributed by atoms with Crippen molar-refractivity contribution >= 4 is 12.2 Å². The summed E-state index contributed by atoms with van der Waals surface area (Å²) in [4.78, 5) is 8.88. The first kappa shape index (κ1) is 19.0. The van der Waals surface area contributed by atoms with Crippen molar-refractivity contribution in [1.29, 1.82) is 0 Å². The van der Waals surface area contributed by atoms with Crippen LogP contribution in [-0.4, -0.2) is 60.5 Å². The van der Waals surface area contributed by atoms with Gasteiger partial charge in [0, 0.05) is 56.7 Å². The standard InChI is InChI=1S/C19H25N7OS/c1-3-25-18(16-4-6-20-7-5-16)21-26(19(25)28)14-24-10-8-23(9-11-24)13-17-12-15(2)22-27-17/h4-7,12H,3,8-11,13-14H2,1-2H3. The number of pyridine rings is 1. The highest BCUT2D eigenvalue weighted by Gasteiger charge is 2.20. The van der Waals surface area contributed by atoms with Crippen LogP contribution in [0.1, 0.15) is 18.4 Å². The molecule has 0 amide bonds. The molecule has 9 heteroatoms. The number of aryl methyl sites for hydroxylation is 1. The second-order valence-corrected chi connectivity index (χ2v) is 7.42. The normalized spacial score (nSPS) is 15.9. The van der Waals surface area contributed by atoms with Crippen LogP contribution in [0, 0.1) is 11.7 Å². The summed E-state index contributed by atoms with van der Waals surface area (Å²) >= 11 is 5.68. The zero-order chi connectivity index (χ0) is 19.5. The molecule has 1 saturated heterocycles. The lowest BCUT2D eigenvalue weighted by Crippen LogP contribution is -2.46. The lowest BCUT2D eigenvalue weighted by atomic mass is 10.2. The van der Waals surface area contributed by atoms with Crippen LogP contribution in [0.5, 0.6) is 0 Å². The quantitative estimate of drug-likeness (QED) is 0.590. The first-order valence-electron chi connectivity index (χ1n) is 9.59. The molecule has 0 saturated carbocycles. The van der Waals surface area contributed by atoms with Gasteiger partial charge in [-0.25, -0.2) is 4.68 Å². The van der Waals surface area contributed by atoms with Gasteiger partial charge in [-0.2, -0.15) is 5.10 Å². The molecular weight excluding hydrogens is 374 g/mol. The Kier molecular flexibility index (Phi) is 5.65. The molecule has 4 heterocycles. The third-order valence-electron chi connectivity index (χ3n) is 5.03. The molecule has 0 aliphatic carbocycles. The highest BCUT2D eigenvalue weighted by molar-refractivity contribution is 7.71. The fourth-order valence-corrected chi connectivity index (χ4v) is 3.84. The van der Waals surface area contributed by atoms with E-state index in [2.05, 4.69) is 31.4 Å². The fraction of sp³-hybridized carbons (Fsp3) is 0.474. The van der Waals surface area contributed by atoms with E-state index < -0.39 is 0 Å². The van der Waals surface area contributed by atoms with Gasteiger partial charge in [-0.15, -0.1) is 0 Å². The van der Waals surface area contributed by atoms with Crippen molar-refractivity contribution in [3.05, 3.63) is 46.8 Å². The minimum atomic E-state index is 0.708. The number of piperazine rings is 1. The van der Waals surface area contributed by atoms with Gasteiger partial charge in [0.1, 0.15) is 0 Å². The van der Waals surface area contributed by atoms with Crippen LogP contribution in [0.4, 0.5) is 0 Å². The maximum absolute atomic E-state index is 5.68. The van der Waals surface area contributed by atoms with Gasteiger partial charge in [0.05, 0.1) is 18.9 Å². The molecule has 0 atom stereocenters. The zero-order valence-electron chi connectivity index (χ0n) is 16.3. The summed E-state index contributed by atoms with van der Waals surface area (Å²) < 4.78 is 10.1. The topological polar surface area (TPSA) is 68.2 Å². The summed E-state index contributed by atoms with van der Waals surface area (Å²) in [5.74, 6) is 1.83. The Bertz CT molecular complexity index is 970. The summed E-state index contributed by atoms with van der Waals surface area (Å²) in [7, 11) is 0.